The van der Waals surface area contributed by atoms with Crippen molar-refractivity contribution in [3.63, 3.8) is 0 Å². The van der Waals surface area contributed by atoms with E-state index in [1.807, 2.05) is 20.8 Å². The van der Waals surface area contributed by atoms with E-state index in [-0.39, 0.29) is 18.0 Å². The Morgan fingerprint density at radius 3 is 2.00 bits per heavy atom. The molecule has 0 bridgehead atoms. The van der Waals surface area contributed by atoms with Gasteiger partial charge in [0.1, 0.15) is 0 Å². The number of hydrogen-bond acceptors (Lipinski definition) is 2. The molecule has 1 fully saturated rings. The summed E-state index contributed by atoms with van der Waals surface area (Å²) in [5.41, 5.74) is 0.422. The van der Waals surface area contributed by atoms with E-state index in [0.29, 0.717) is 11.5 Å². The van der Waals surface area contributed by atoms with Gasteiger partial charge in [-0.2, -0.15) is 0 Å². The second-order valence-electron chi connectivity index (χ2n) is 7.47. The lowest BCUT2D eigenvalue weighted by Gasteiger charge is -2.38. The van der Waals surface area contributed by atoms with Gasteiger partial charge in [-0.3, -0.25) is 4.79 Å². The number of carbonyl (C=O) groups is 1. The molecule has 0 aromatic rings. The molecule has 3 nitrogen and oxygen atoms in total. The minimum atomic E-state index is -0.0846. The normalized spacial score (nSPS) is 26.3. The van der Waals surface area contributed by atoms with Gasteiger partial charge in [0.05, 0.1) is 6.04 Å². The van der Waals surface area contributed by atoms with Crippen LogP contribution in [0.4, 0.5) is 0 Å². The van der Waals surface area contributed by atoms with Crippen LogP contribution >= 0.6 is 0 Å². The second-order valence-corrected chi connectivity index (χ2v) is 7.47. The molecule has 1 unspecified atom stereocenters. The SMILES string of the molecule is CC(C)NC(=O)C(C)NC1CCC(C(C)(C)C)CC1. The standard InChI is InChI=1S/C16H32N2O/c1-11(2)17-15(19)12(3)18-14-9-7-13(8-10-14)16(4,5)6/h11-14,18H,7-10H2,1-6H3,(H,17,19). The molecule has 19 heavy (non-hydrogen) atoms. The van der Waals surface area contributed by atoms with Gasteiger partial charge in [0.15, 0.2) is 0 Å². The van der Waals surface area contributed by atoms with Crippen LogP contribution in [0.5, 0.6) is 0 Å². The molecule has 1 atom stereocenters. The number of hydrogen-bond donors (Lipinski definition) is 2. The van der Waals surface area contributed by atoms with Gasteiger partial charge in [0, 0.05) is 12.1 Å². The van der Waals surface area contributed by atoms with Crippen molar-refractivity contribution >= 4 is 5.91 Å². The quantitative estimate of drug-likeness (QED) is 0.822. The zero-order valence-corrected chi connectivity index (χ0v) is 13.5. The summed E-state index contributed by atoms with van der Waals surface area (Å²) in [5, 5.41) is 6.45. The Bertz CT molecular complexity index is 286. The molecule has 3 heteroatoms. The second kappa shape index (κ2) is 6.74. The molecule has 0 aliphatic heterocycles. The molecule has 0 heterocycles. The maximum Gasteiger partial charge on any atom is 0.237 e. The lowest BCUT2D eigenvalue weighted by atomic mass is 9.71. The molecule has 1 saturated carbocycles. The third kappa shape index (κ3) is 5.52. The largest absolute Gasteiger partial charge is 0.353 e. The smallest absolute Gasteiger partial charge is 0.237 e. The molecular weight excluding hydrogens is 236 g/mol. The van der Waals surface area contributed by atoms with Gasteiger partial charge >= 0.3 is 0 Å². The van der Waals surface area contributed by atoms with Crippen LogP contribution in [0.2, 0.25) is 0 Å². The van der Waals surface area contributed by atoms with E-state index < -0.39 is 0 Å². The summed E-state index contributed by atoms with van der Waals surface area (Å²) in [4.78, 5) is 11.9. The molecule has 0 radical (unpaired) electrons. The molecule has 0 spiro atoms. The lowest BCUT2D eigenvalue weighted by Crippen LogP contribution is -2.49. The molecule has 1 amide bonds. The van der Waals surface area contributed by atoms with Crippen molar-refractivity contribution in [3.05, 3.63) is 0 Å². The maximum atomic E-state index is 11.9. The fourth-order valence-corrected chi connectivity index (χ4v) is 2.96. The Morgan fingerprint density at radius 1 is 1.05 bits per heavy atom. The van der Waals surface area contributed by atoms with E-state index >= 15 is 0 Å². The van der Waals surface area contributed by atoms with Crippen molar-refractivity contribution in [1.82, 2.24) is 10.6 Å². The van der Waals surface area contributed by atoms with E-state index in [1.54, 1.807) is 0 Å². The van der Waals surface area contributed by atoms with Crippen molar-refractivity contribution in [2.75, 3.05) is 0 Å². The first-order chi connectivity index (χ1) is 8.70. The van der Waals surface area contributed by atoms with Crippen LogP contribution in [-0.4, -0.2) is 24.0 Å². The van der Waals surface area contributed by atoms with Crippen LogP contribution in [0.25, 0.3) is 0 Å². The van der Waals surface area contributed by atoms with Crippen molar-refractivity contribution in [1.29, 1.82) is 0 Å². The summed E-state index contributed by atoms with van der Waals surface area (Å²) in [5.74, 6) is 0.943. The number of rotatable bonds is 4. The Morgan fingerprint density at radius 2 is 1.58 bits per heavy atom. The first kappa shape index (κ1) is 16.5. The van der Waals surface area contributed by atoms with E-state index in [0.717, 1.165) is 5.92 Å². The van der Waals surface area contributed by atoms with Gasteiger partial charge in [-0.05, 0) is 57.8 Å². The van der Waals surface area contributed by atoms with Crippen LogP contribution < -0.4 is 10.6 Å². The summed E-state index contributed by atoms with van der Waals surface area (Å²) in [6.45, 7) is 13.0. The molecule has 0 aromatic heterocycles. The van der Waals surface area contributed by atoms with Gasteiger partial charge in [-0.1, -0.05) is 20.8 Å². The third-order valence-corrected chi connectivity index (χ3v) is 4.26. The van der Waals surface area contributed by atoms with Gasteiger partial charge in [-0.15, -0.1) is 0 Å². The first-order valence-electron chi connectivity index (χ1n) is 7.76. The topological polar surface area (TPSA) is 41.1 Å². The first-order valence-corrected chi connectivity index (χ1v) is 7.76. The molecule has 112 valence electrons. The van der Waals surface area contributed by atoms with E-state index in [1.165, 1.54) is 25.7 Å². The zero-order valence-electron chi connectivity index (χ0n) is 13.5. The Balaban J connectivity index is 2.35. The third-order valence-electron chi connectivity index (χ3n) is 4.26. The summed E-state index contributed by atoms with van der Waals surface area (Å²) in [7, 11) is 0. The summed E-state index contributed by atoms with van der Waals surface area (Å²) >= 11 is 0. The Labute approximate surface area is 118 Å². The highest BCUT2D eigenvalue weighted by molar-refractivity contribution is 5.81. The average Bonchev–Trinajstić information content (AvgIpc) is 2.27. The Kier molecular flexibility index (Phi) is 5.84. The van der Waals surface area contributed by atoms with E-state index in [2.05, 4.69) is 31.4 Å². The average molecular weight is 268 g/mol. The van der Waals surface area contributed by atoms with Gasteiger partial charge in [-0.25, -0.2) is 0 Å². The lowest BCUT2D eigenvalue weighted by molar-refractivity contribution is -0.123. The van der Waals surface area contributed by atoms with Gasteiger partial charge in [0.25, 0.3) is 0 Å². The van der Waals surface area contributed by atoms with Crippen molar-refractivity contribution in [2.24, 2.45) is 11.3 Å². The predicted molar refractivity (Wildman–Crippen MR) is 81.1 cm³/mol. The number of nitrogens with one attached hydrogen (secondary N) is 2. The Hall–Kier alpha value is -0.570. The van der Waals surface area contributed by atoms with Crippen molar-refractivity contribution < 1.29 is 4.79 Å². The van der Waals surface area contributed by atoms with Crippen molar-refractivity contribution in [3.8, 4) is 0 Å². The molecule has 1 rings (SSSR count). The highest BCUT2D eigenvalue weighted by atomic mass is 16.2. The molecule has 0 saturated heterocycles. The zero-order chi connectivity index (χ0) is 14.6. The summed E-state index contributed by atoms with van der Waals surface area (Å²) in [6.07, 6.45) is 4.95. The predicted octanol–water partition coefficient (Wildman–Crippen LogP) is 3.09. The summed E-state index contributed by atoms with van der Waals surface area (Å²) in [6, 6.07) is 0.637. The number of amides is 1. The highest BCUT2D eigenvalue weighted by Gasteiger charge is 2.30. The van der Waals surface area contributed by atoms with Gasteiger partial charge < -0.3 is 10.6 Å². The molecule has 2 N–H and O–H groups in total. The fraction of sp³-hybridized carbons (Fsp3) is 0.938. The van der Waals surface area contributed by atoms with Crippen molar-refractivity contribution in [2.45, 2.75) is 85.4 Å². The maximum absolute atomic E-state index is 11.9. The van der Waals surface area contributed by atoms with E-state index in [9.17, 15) is 4.79 Å². The van der Waals surface area contributed by atoms with Crippen LogP contribution in [0.15, 0.2) is 0 Å². The van der Waals surface area contributed by atoms with E-state index in [4.69, 9.17) is 0 Å². The molecule has 1 aliphatic rings. The molecule has 0 aromatic carbocycles. The minimum Gasteiger partial charge on any atom is -0.353 e. The van der Waals surface area contributed by atoms with Crippen LogP contribution in [0, 0.1) is 11.3 Å². The van der Waals surface area contributed by atoms with Crippen LogP contribution in [-0.2, 0) is 4.79 Å². The molecule has 1 aliphatic carbocycles. The fourth-order valence-electron chi connectivity index (χ4n) is 2.96. The number of carbonyl (C=O) groups excluding carboxylic acids is 1. The van der Waals surface area contributed by atoms with Crippen LogP contribution in [0.1, 0.15) is 67.2 Å². The molecular formula is C16H32N2O. The monoisotopic (exact) mass is 268 g/mol. The highest BCUT2D eigenvalue weighted by Crippen LogP contribution is 2.37. The van der Waals surface area contributed by atoms with Crippen LogP contribution in [0.3, 0.4) is 0 Å². The summed E-state index contributed by atoms with van der Waals surface area (Å²) < 4.78 is 0. The minimum absolute atomic E-state index is 0.0846. The van der Waals surface area contributed by atoms with Gasteiger partial charge in [0.2, 0.25) is 5.91 Å².